The number of hydrogen-bond acceptors (Lipinski definition) is 1. The van der Waals surface area contributed by atoms with Gasteiger partial charge in [0, 0.05) is 33.2 Å². The van der Waals surface area contributed by atoms with Crippen molar-refractivity contribution in [3.63, 3.8) is 0 Å². The maximum Gasteiger partial charge on any atom is 0.0546 e. The zero-order valence-electron chi connectivity index (χ0n) is 31.7. The average molecular weight is 704 g/mol. The third kappa shape index (κ3) is 4.47. The number of rotatable bonds is 4. The van der Waals surface area contributed by atoms with Gasteiger partial charge in [-0.2, -0.15) is 0 Å². The first-order valence-corrected chi connectivity index (χ1v) is 19.5. The van der Waals surface area contributed by atoms with Crippen molar-refractivity contribution in [2.45, 2.75) is 38.5 Å². The fourth-order valence-corrected chi connectivity index (χ4v) is 10.2. The van der Waals surface area contributed by atoms with Crippen LogP contribution >= 0.6 is 0 Å². The molecule has 1 nitrogen and oxygen atoms in total. The van der Waals surface area contributed by atoms with Crippen molar-refractivity contribution in [1.82, 2.24) is 0 Å². The van der Waals surface area contributed by atoms with Crippen LogP contribution in [0.4, 0.5) is 17.1 Å². The third-order valence-electron chi connectivity index (χ3n) is 12.8. The van der Waals surface area contributed by atoms with Gasteiger partial charge in [0.05, 0.1) is 5.69 Å². The fraction of sp³-hybridized carbons (Fsp3) is 0.111. The van der Waals surface area contributed by atoms with Crippen molar-refractivity contribution in [3.05, 3.63) is 198 Å². The topological polar surface area (TPSA) is 3.24 Å². The molecular weight excluding hydrogens is 663 g/mol. The summed E-state index contributed by atoms with van der Waals surface area (Å²) in [4.78, 5) is 2.55. The number of benzene rings is 9. The van der Waals surface area contributed by atoms with Crippen LogP contribution in [0, 0.1) is 0 Å². The lowest BCUT2D eigenvalue weighted by Crippen LogP contribution is -2.18. The van der Waals surface area contributed by atoms with Gasteiger partial charge in [-0.25, -0.2) is 0 Å². The van der Waals surface area contributed by atoms with E-state index >= 15 is 0 Å². The molecule has 2 aliphatic carbocycles. The molecule has 262 valence electrons. The second kappa shape index (κ2) is 11.5. The molecule has 9 aromatic rings. The van der Waals surface area contributed by atoms with Crippen molar-refractivity contribution in [3.8, 4) is 33.4 Å². The molecule has 0 aliphatic heterocycles. The molecule has 9 aromatic carbocycles. The van der Waals surface area contributed by atoms with Gasteiger partial charge in [-0.15, -0.1) is 0 Å². The molecule has 0 saturated carbocycles. The molecule has 0 bridgehead atoms. The van der Waals surface area contributed by atoms with Gasteiger partial charge in [0.2, 0.25) is 0 Å². The molecule has 0 N–H and O–H groups in total. The van der Waals surface area contributed by atoms with Gasteiger partial charge < -0.3 is 4.90 Å². The van der Waals surface area contributed by atoms with Crippen LogP contribution < -0.4 is 4.90 Å². The summed E-state index contributed by atoms with van der Waals surface area (Å²) in [6.07, 6.45) is 0. The number of fused-ring (bicyclic) bond motifs is 12. The van der Waals surface area contributed by atoms with Crippen LogP contribution in [0.1, 0.15) is 49.9 Å². The standard InChI is InChI=1S/C54H41N/c1-53(2)46-24-14-12-21-40(46)42-28-26-35(32-48(42)53)55(36-27-29-43-41-22-13-15-25-47(41)54(3,4)49(43)33-36)50-31-30-45-39-20-9-8-18-37(39)38-19-10-11-23-44(38)52(45)51(50)34-16-6-5-7-17-34/h5-33H,1-4H3. The van der Waals surface area contributed by atoms with Crippen LogP contribution in [0.2, 0.25) is 0 Å². The molecule has 11 rings (SSSR count). The highest BCUT2D eigenvalue weighted by molar-refractivity contribution is 6.30. The Morgan fingerprint density at radius 2 is 0.764 bits per heavy atom. The quantitative estimate of drug-likeness (QED) is 0.165. The SMILES string of the molecule is CC1(C)c2ccccc2-c2ccc(N(c3ccc4c(c3)C(C)(C)c3ccccc3-4)c3ccc4c5ccccc5c5ccccc5c4c3-c3ccccc3)cc21. The predicted molar refractivity (Wildman–Crippen MR) is 234 cm³/mol. The zero-order valence-corrected chi connectivity index (χ0v) is 31.7. The van der Waals surface area contributed by atoms with Gasteiger partial charge in [-0.05, 0) is 107 Å². The largest absolute Gasteiger partial charge is 0.310 e. The van der Waals surface area contributed by atoms with Crippen LogP contribution in [0.15, 0.2) is 176 Å². The summed E-state index contributed by atoms with van der Waals surface area (Å²) in [5, 5.41) is 7.67. The molecule has 0 spiro atoms. The van der Waals surface area contributed by atoms with Gasteiger partial charge in [0.25, 0.3) is 0 Å². The Balaban J connectivity index is 1.25. The number of anilines is 3. The third-order valence-corrected chi connectivity index (χ3v) is 12.8. The lowest BCUT2D eigenvalue weighted by Gasteiger charge is -2.32. The fourth-order valence-electron chi connectivity index (χ4n) is 10.2. The van der Waals surface area contributed by atoms with E-state index in [1.807, 2.05) is 0 Å². The molecule has 55 heavy (non-hydrogen) atoms. The summed E-state index contributed by atoms with van der Waals surface area (Å²) >= 11 is 0. The monoisotopic (exact) mass is 703 g/mol. The van der Waals surface area contributed by atoms with Crippen LogP contribution in [-0.4, -0.2) is 0 Å². The average Bonchev–Trinajstić information content (AvgIpc) is 3.60. The van der Waals surface area contributed by atoms with Gasteiger partial charge in [0.1, 0.15) is 0 Å². The highest BCUT2D eigenvalue weighted by Crippen LogP contribution is 2.55. The molecule has 0 fully saturated rings. The normalized spacial score (nSPS) is 14.5. The van der Waals surface area contributed by atoms with Gasteiger partial charge >= 0.3 is 0 Å². The second-order valence-electron chi connectivity index (χ2n) is 16.5. The zero-order chi connectivity index (χ0) is 37.1. The molecule has 1 heteroatoms. The number of nitrogens with zero attached hydrogens (tertiary/aromatic N) is 1. The minimum atomic E-state index is -0.129. The molecular formula is C54H41N. The van der Waals surface area contributed by atoms with Gasteiger partial charge in [-0.3, -0.25) is 0 Å². The minimum Gasteiger partial charge on any atom is -0.310 e. The Labute approximate surface area is 323 Å². The van der Waals surface area contributed by atoms with Gasteiger partial charge in [0.15, 0.2) is 0 Å². The first-order chi connectivity index (χ1) is 26.8. The maximum absolute atomic E-state index is 2.55. The summed E-state index contributed by atoms with van der Waals surface area (Å²) in [5.41, 5.74) is 16.5. The van der Waals surface area contributed by atoms with Crippen molar-refractivity contribution in [2.75, 3.05) is 4.90 Å². The molecule has 2 aliphatic rings. The van der Waals surface area contributed by atoms with E-state index in [9.17, 15) is 0 Å². The van der Waals surface area contributed by atoms with E-state index in [0.29, 0.717) is 0 Å². The van der Waals surface area contributed by atoms with E-state index < -0.39 is 0 Å². The van der Waals surface area contributed by atoms with Crippen LogP contribution in [0.3, 0.4) is 0 Å². The van der Waals surface area contributed by atoms with Crippen molar-refractivity contribution >= 4 is 49.4 Å². The summed E-state index contributed by atoms with van der Waals surface area (Å²) in [6, 6.07) is 65.9. The van der Waals surface area contributed by atoms with E-state index in [-0.39, 0.29) is 10.8 Å². The maximum atomic E-state index is 2.55. The molecule has 0 amide bonds. The van der Waals surface area contributed by atoms with Crippen LogP contribution in [-0.2, 0) is 10.8 Å². The molecule has 0 saturated heterocycles. The summed E-state index contributed by atoms with van der Waals surface area (Å²) in [6.45, 7) is 9.51. The van der Waals surface area contributed by atoms with E-state index in [2.05, 4.69) is 209 Å². The first kappa shape index (κ1) is 32.0. The van der Waals surface area contributed by atoms with Crippen LogP contribution in [0.25, 0.3) is 65.7 Å². The lowest BCUT2D eigenvalue weighted by atomic mass is 9.82. The summed E-state index contributed by atoms with van der Waals surface area (Å²) in [7, 11) is 0. The van der Waals surface area contributed by atoms with Crippen molar-refractivity contribution in [1.29, 1.82) is 0 Å². The Morgan fingerprint density at radius 3 is 1.31 bits per heavy atom. The smallest absolute Gasteiger partial charge is 0.0546 e. The second-order valence-corrected chi connectivity index (χ2v) is 16.5. The molecule has 0 aromatic heterocycles. The van der Waals surface area contributed by atoms with E-state index in [4.69, 9.17) is 0 Å². The van der Waals surface area contributed by atoms with E-state index in [1.165, 1.54) is 93.6 Å². The molecule has 0 radical (unpaired) electrons. The van der Waals surface area contributed by atoms with E-state index in [1.54, 1.807) is 0 Å². The predicted octanol–water partition coefficient (Wildman–Crippen LogP) is 14.9. The summed E-state index contributed by atoms with van der Waals surface area (Å²) in [5.74, 6) is 0. The minimum absolute atomic E-state index is 0.129. The molecule has 0 heterocycles. The Hall–Kier alpha value is -6.44. The molecule has 0 unspecified atom stereocenters. The lowest BCUT2D eigenvalue weighted by molar-refractivity contribution is 0.660. The van der Waals surface area contributed by atoms with Crippen molar-refractivity contribution < 1.29 is 0 Å². The molecule has 0 atom stereocenters. The summed E-state index contributed by atoms with van der Waals surface area (Å²) < 4.78 is 0. The van der Waals surface area contributed by atoms with Crippen LogP contribution in [0.5, 0.6) is 0 Å². The Bertz CT molecular complexity index is 2890. The first-order valence-electron chi connectivity index (χ1n) is 19.5. The Morgan fingerprint density at radius 1 is 0.345 bits per heavy atom. The highest BCUT2D eigenvalue weighted by atomic mass is 15.1. The number of hydrogen-bond donors (Lipinski definition) is 0. The Kier molecular flexibility index (Phi) is 6.72. The van der Waals surface area contributed by atoms with Gasteiger partial charge in [-0.1, -0.05) is 173 Å². The van der Waals surface area contributed by atoms with Crippen molar-refractivity contribution in [2.24, 2.45) is 0 Å². The van der Waals surface area contributed by atoms with E-state index in [0.717, 1.165) is 11.4 Å². The highest BCUT2D eigenvalue weighted by Gasteiger charge is 2.38.